The van der Waals surface area contributed by atoms with Crippen molar-refractivity contribution >= 4 is 11.9 Å². The minimum atomic E-state index is -0.634. The van der Waals surface area contributed by atoms with Crippen LogP contribution in [0.15, 0.2) is 0 Å². The molecule has 0 radical (unpaired) electrons. The molecule has 196 valence electrons. The summed E-state index contributed by atoms with van der Waals surface area (Å²) in [4.78, 5) is 26.2. The van der Waals surface area contributed by atoms with Crippen LogP contribution in [0.5, 0.6) is 0 Å². The third-order valence-corrected chi connectivity index (χ3v) is 6.17. The van der Waals surface area contributed by atoms with Crippen molar-refractivity contribution in [3.63, 3.8) is 0 Å². The minimum absolute atomic E-state index is 0.0390. The molecule has 0 saturated carbocycles. The smallest absolute Gasteiger partial charge is 0.310 e. The number of ether oxygens (including phenoxy) is 2. The lowest BCUT2D eigenvalue weighted by Gasteiger charge is -2.37. The highest BCUT2D eigenvalue weighted by Gasteiger charge is 2.39. The summed E-state index contributed by atoms with van der Waals surface area (Å²) in [6.07, 6.45) is 2.82. The molecule has 33 heavy (non-hydrogen) atoms. The van der Waals surface area contributed by atoms with Crippen molar-refractivity contribution in [2.45, 2.75) is 141 Å². The molecule has 0 aromatic rings. The maximum Gasteiger partial charge on any atom is 0.310 e. The highest BCUT2D eigenvalue weighted by atomic mass is 16.6. The maximum atomic E-state index is 13.2. The Kier molecular flexibility index (Phi) is 10.8. The number of carbonyl (C=O) groups is 2. The van der Waals surface area contributed by atoms with Gasteiger partial charge in [-0.2, -0.15) is 0 Å². The van der Waals surface area contributed by atoms with Crippen LogP contribution in [0, 0.1) is 34.0 Å². The Morgan fingerprint density at radius 1 is 0.606 bits per heavy atom. The van der Waals surface area contributed by atoms with E-state index in [9.17, 15) is 9.59 Å². The molecule has 0 aromatic carbocycles. The van der Waals surface area contributed by atoms with Crippen LogP contribution in [0.2, 0.25) is 0 Å². The Bertz CT molecular complexity index is 636. The first-order chi connectivity index (χ1) is 14.4. The SMILES string of the molecule is CC(C)C(CC(C)(C)C)C(=O)OC(C)(C)CCC(C)(C)OC(=O)C(CC(C)(C)C)C(C)(C)C. The molecule has 0 heterocycles. The van der Waals surface area contributed by atoms with Crippen LogP contribution in [0.25, 0.3) is 0 Å². The van der Waals surface area contributed by atoms with E-state index in [1.165, 1.54) is 0 Å². The van der Waals surface area contributed by atoms with Crippen LogP contribution in [-0.4, -0.2) is 23.1 Å². The van der Waals surface area contributed by atoms with E-state index in [-0.39, 0.29) is 45.9 Å². The number of carbonyl (C=O) groups excluding carboxylic acids is 2. The number of esters is 2. The molecule has 2 unspecified atom stereocenters. The Hall–Kier alpha value is -1.06. The molecule has 0 amide bonds. The van der Waals surface area contributed by atoms with E-state index in [0.29, 0.717) is 12.8 Å². The quantitative estimate of drug-likeness (QED) is 0.303. The van der Waals surface area contributed by atoms with Gasteiger partial charge in [-0.25, -0.2) is 0 Å². The van der Waals surface area contributed by atoms with Gasteiger partial charge < -0.3 is 9.47 Å². The first-order valence-electron chi connectivity index (χ1n) is 12.8. The van der Waals surface area contributed by atoms with Crippen LogP contribution >= 0.6 is 0 Å². The summed E-state index contributed by atoms with van der Waals surface area (Å²) in [5.41, 5.74) is -1.33. The summed E-state index contributed by atoms with van der Waals surface area (Å²) >= 11 is 0. The largest absolute Gasteiger partial charge is 0.459 e. The van der Waals surface area contributed by atoms with Crippen molar-refractivity contribution in [2.75, 3.05) is 0 Å². The predicted octanol–water partition coefficient (Wildman–Crippen LogP) is 8.22. The molecule has 0 N–H and O–H groups in total. The highest BCUT2D eigenvalue weighted by Crippen LogP contribution is 2.38. The first kappa shape index (κ1) is 31.9. The average molecular weight is 469 g/mol. The molecule has 0 aliphatic carbocycles. The number of hydrogen-bond donors (Lipinski definition) is 0. The van der Waals surface area contributed by atoms with Crippen LogP contribution < -0.4 is 0 Å². The fourth-order valence-electron chi connectivity index (χ4n) is 4.00. The van der Waals surface area contributed by atoms with Gasteiger partial charge in [0.25, 0.3) is 0 Å². The van der Waals surface area contributed by atoms with Gasteiger partial charge in [-0.05, 0) is 75.5 Å². The van der Waals surface area contributed by atoms with Crippen molar-refractivity contribution in [3.8, 4) is 0 Å². The van der Waals surface area contributed by atoms with Crippen LogP contribution in [0.4, 0.5) is 0 Å². The lowest BCUT2D eigenvalue weighted by molar-refractivity contribution is -0.173. The molecule has 0 aromatic heterocycles. The van der Waals surface area contributed by atoms with Gasteiger partial charge in [0.2, 0.25) is 0 Å². The molecule has 0 spiro atoms. The molecule has 4 heteroatoms. The van der Waals surface area contributed by atoms with E-state index in [1.54, 1.807) is 0 Å². The van der Waals surface area contributed by atoms with Crippen molar-refractivity contribution in [1.29, 1.82) is 0 Å². The molecule has 2 atom stereocenters. The summed E-state index contributed by atoms with van der Waals surface area (Å²) in [5, 5.41) is 0. The average Bonchev–Trinajstić information content (AvgIpc) is 2.52. The van der Waals surface area contributed by atoms with E-state index in [2.05, 4.69) is 76.2 Å². The molecule has 0 aliphatic rings. The van der Waals surface area contributed by atoms with Gasteiger partial charge in [0.15, 0.2) is 0 Å². The number of hydrogen-bond acceptors (Lipinski definition) is 4. The highest BCUT2D eigenvalue weighted by molar-refractivity contribution is 5.74. The molecule has 0 saturated heterocycles. The topological polar surface area (TPSA) is 52.6 Å². The summed E-state index contributed by atoms with van der Waals surface area (Å²) in [7, 11) is 0. The van der Waals surface area contributed by atoms with Crippen LogP contribution in [-0.2, 0) is 19.1 Å². The van der Waals surface area contributed by atoms with E-state index in [4.69, 9.17) is 9.47 Å². The van der Waals surface area contributed by atoms with Crippen molar-refractivity contribution in [3.05, 3.63) is 0 Å². The first-order valence-corrected chi connectivity index (χ1v) is 12.8. The Labute approximate surface area is 206 Å². The second kappa shape index (κ2) is 11.1. The summed E-state index contributed by atoms with van der Waals surface area (Å²) in [5.74, 6) is -0.339. The molecule has 0 bridgehead atoms. The van der Waals surface area contributed by atoms with Gasteiger partial charge in [0.05, 0.1) is 11.8 Å². The molecule has 4 nitrogen and oxygen atoms in total. The minimum Gasteiger partial charge on any atom is -0.459 e. The van der Waals surface area contributed by atoms with E-state index < -0.39 is 11.2 Å². The molecule has 0 rings (SSSR count). The Balaban J connectivity index is 5.21. The molecule has 0 aliphatic heterocycles. The second-order valence-corrected chi connectivity index (χ2v) is 15.2. The Morgan fingerprint density at radius 3 is 1.27 bits per heavy atom. The predicted molar refractivity (Wildman–Crippen MR) is 139 cm³/mol. The van der Waals surface area contributed by atoms with Gasteiger partial charge in [-0.15, -0.1) is 0 Å². The standard InChI is InChI=1S/C29H56O4/c1-20(2)21(18-25(3,4)5)23(30)32-28(12,13)16-17-29(14,15)33-24(31)22(27(9,10)11)19-26(6,7)8/h20-22H,16-19H2,1-15H3. The van der Waals surface area contributed by atoms with Gasteiger partial charge in [-0.1, -0.05) is 76.2 Å². The Morgan fingerprint density at radius 2 is 0.970 bits per heavy atom. The summed E-state index contributed by atoms with van der Waals surface area (Å²) < 4.78 is 12.0. The molecular weight excluding hydrogens is 412 g/mol. The third-order valence-electron chi connectivity index (χ3n) is 6.17. The van der Waals surface area contributed by atoms with Crippen LogP contribution in [0.3, 0.4) is 0 Å². The van der Waals surface area contributed by atoms with E-state index >= 15 is 0 Å². The van der Waals surface area contributed by atoms with Crippen molar-refractivity contribution in [1.82, 2.24) is 0 Å². The number of rotatable bonds is 10. The lowest BCUT2D eigenvalue weighted by Crippen LogP contribution is -2.40. The van der Waals surface area contributed by atoms with Crippen molar-refractivity contribution < 1.29 is 19.1 Å². The van der Waals surface area contributed by atoms with E-state index in [1.807, 2.05) is 27.7 Å². The van der Waals surface area contributed by atoms with Crippen molar-refractivity contribution in [2.24, 2.45) is 34.0 Å². The normalized spacial score (nSPS) is 15.9. The second-order valence-electron chi connectivity index (χ2n) is 15.2. The van der Waals surface area contributed by atoms with E-state index in [0.717, 1.165) is 12.8 Å². The summed E-state index contributed by atoms with van der Waals surface area (Å²) in [6.45, 7) is 31.2. The zero-order chi connectivity index (χ0) is 26.6. The zero-order valence-electron chi connectivity index (χ0n) is 24.7. The maximum absolute atomic E-state index is 13.2. The zero-order valence-corrected chi connectivity index (χ0v) is 24.7. The molecular formula is C29H56O4. The summed E-state index contributed by atoms with van der Waals surface area (Å²) in [6, 6.07) is 0. The van der Waals surface area contributed by atoms with Gasteiger partial charge >= 0.3 is 11.9 Å². The van der Waals surface area contributed by atoms with Gasteiger partial charge in [0, 0.05) is 0 Å². The van der Waals surface area contributed by atoms with Gasteiger partial charge in [0.1, 0.15) is 11.2 Å². The molecule has 0 fully saturated rings. The third kappa shape index (κ3) is 13.4. The fourth-order valence-corrected chi connectivity index (χ4v) is 4.00. The monoisotopic (exact) mass is 468 g/mol. The van der Waals surface area contributed by atoms with Crippen LogP contribution in [0.1, 0.15) is 130 Å². The lowest BCUT2D eigenvalue weighted by atomic mass is 9.72. The fraction of sp³-hybridized carbons (Fsp3) is 0.931. The van der Waals surface area contributed by atoms with Gasteiger partial charge in [-0.3, -0.25) is 9.59 Å².